The lowest BCUT2D eigenvalue weighted by Gasteiger charge is -2.10. The highest BCUT2D eigenvalue weighted by Gasteiger charge is 2.20. The zero-order valence-corrected chi connectivity index (χ0v) is 16.9. The van der Waals surface area contributed by atoms with E-state index in [2.05, 4.69) is 15.4 Å². The van der Waals surface area contributed by atoms with Gasteiger partial charge in [0.2, 0.25) is 5.82 Å². The van der Waals surface area contributed by atoms with Gasteiger partial charge in [0.05, 0.1) is 5.69 Å². The van der Waals surface area contributed by atoms with E-state index in [1.807, 2.05) is 55.5 Å². The molecule has 0 bridgehead atoms. The standard InChI is InChI=1S/C22H16Cl2N4O/c1-14-18(24)8-5-9-19(14)28-21(15-6-3-2-4-7-15)26-20(27-28)22(29)25-17-12-10-16(23)11-13-17/h2-13H,1H3,(H,25,29). The Hall–Kier alpha value is -3.15. The molecule has 144 valence electrons. The molecule has 0 unspecified atom stereocenters. The lowest BCUT2D eigenvalue weighted by atomic mass is 10.2. The Bertz CT molecular complexity index is 1170. The second-order valence-corrected chi connectivity index (χ2v) is 7.23. The molecule has 0 fully saturated rings. The Morgan fingerprint density at radius 1 is 0.931 bits per heavy atom. The summed E-state index contributed by atoms with van der Waals surface area (Å²) in [6, 6.07) is 22.0. The van der Waals surface area contributed by atoms with E-state index in [0.29, 0.717) is 21.6 Å². The van der Waals surface area contributed by atoms with E-state index in [-0.39, 0.29) is 5.82 Å². The van der Waals surface area contributed by atoms with Crippen LogP contribution < -0.4 is 5.32 Å². The number of benzene rings is 3. The average Bonchev–Trinajstić information content (AvgIpc) is 3.18. The van der Waals surface area contributed by atoms with Gasteiger partial charge in [-0.2, -0.15) is 0 Å². The number of nitrogens with zero attached hydrogens (tertiary/aromatic N) is 3. The molecule has 1 amide bonds. The summed E-state index contributed by atoms with van der Waals surface area (Å²) in [6.07, 6.45) is 0. The van der Waals surface area contributed by atoms with E-state index in [4.69, 9.17) is 23.2 Å². The number of halogens is 2. The molecule has 0 saturated heterocycles. The van der Waals surface area contributed by atoms with E-state index < -0.39 is 5.91 Å². The van der Waals surface area contributed by atoms with Crippen LogP contribution in [0.3, 0.4) is 0 Å². The third-order valence-electron chi connectivity index (χ3n) is 4.41. The first-order valence-electron chi connectivity index (χ1n) is 8.88. The summed E-state index contributed by atoms with van der Waals surface area (Å²) in [5.74, 6) is 0.193. The van der Waals surface area contributed by atoms with Crippen molar-refractivity contribution in [3.8, 4) is 17.1 Å². The lowest BCUT2D eigenvalue weighted by molar-refractivity contribution is 0.101. The number of anilines is 1. The van der Waals surface area contributed by atoms with Crippen molar-refractivity contribution in [2.75, 3.05) is 5.32 Å². The van der Waals surface area contributed by atoms with Gasteiger partial charge in [-0.15, -0.1) is 5.10 Å². The van der Waals surface area contributed by atoms with Crippen molar-refractivity contribution in [1.82, 2.24) is 14.8 Å². The average molecular weight is 423 g/mol. The van der Waals surface area contributed by atoms with Gasteiger partial charge in [0, 0.05) is 21.3 Å². The third-order valence-corrected chi connectivity index (χ3v) is 5.07. The summed E-state index contributed by atoms with van der Waals surface area (Å²) in [5, 5.41) is 8.48. The maximum absolute atomic E-state index is 12.8. The van der Waals surface area contributed by atoms with Gasteiger partial charge >= 0.3 is 0 Å². The fraction of sp³-hybridized carbons (Fsp3) is 0.0455. The van der Waals surface area contributed by atoms with Crippen LogP contribution in [0.1, 0.15) is 16.2 Å². The zero-order chi connectivity index (χ0) is 20.4. The topological polar surface area (TPSA) is 59.8 Å². The Morgan fingerprint density at radius 2 is 1.66 bits per heavy atom. The number of amides is 1. The molecule has 3 aromatic carbocycles. The molecule has 1 N–H and O–H groups in total. The minimum absolute atomic E-state index is 0.0539. The summed E-state index contributed by atoms with van der Waals surface area (Å²) >= 11 is 12.2. The third kappa shape index (κ3) is 4.01. The molecule has 0 atom stereocenters. The Balaban J connectivity index is 1.78. The van der Waals surface area contributed by atoms with Crippen LogP contribution in [-0.2, 0) is 0 Å². The Labute approximate surface area is 177 Å². The van der Waals surface area contributed by atoms with Crippen LogP contribution in [-0.4, -0.2) is 20.7 Å². The molecule has 0 radical (unpaired) electrons. The number of carbonyl (C=O) groups is 1. The predicted octanol–water partition coefficient (Wildman–Crippen LogP) is 5.80. The minimum atomic E-state index is -0.414. The van der Waals surface area contributed by atoms with Gasteiger partial charge in [0.15, 0.2) is 5.82 Å². The molecule has 0 saturated carbocycles. The smallest absolute Gasteiger partial charge is 0.295 e. The molecule has 1 heterocycles. The summed E-state index contributed by atoms with van der Waals surface area (Å²) in [5.41, 5.74) is 3.05. The molecular weight excluding hydrogens is 407 g/mol. The van der Waals surface area contributed by atoms with Gasteiger partial charge in [-0.05, 0) is 48.9 Å². The molecule has 0 aliphatic rings. The maximum atomic E-state index is 12.8. The molecular formula is C22H16Cl2N4O. The van der Waals surface area contributed by atoms with Crippen LogP contribution in [0, 0.1) is 6.92 Å². The zero-order valence-electron chi connectivity index (χ0n) is 15.4. The van der Waals surface area contributed by atoms with Crippen molar-refractivity contribution in [2.24, 2.45) is 0 Å². The minimum Gasteiger partial charge on any atom is -0.319 e. The highest BCUT2D eigenvalue weighted by Crippen LogP contribution is 2.27. The summed E-state index contributed by atoms with van der Waals surface area (Å²) < 4.78 is 1.65. The van der Waals surface area contributed by atoms with Crippen LogP contribution in [0.25, 0.3) is 17.1 Å². The van der Waals surface area contributed by atoms with Crippen molar-refractivity contribution >= 4 is 34.8 Å². The Morgan fingerprint density at radius 3 is 2.38 bits per heavy atom. The fourth-order valence-electron chi connectivity index (χ4n) is 2.90. The van der Waals surface area contributed by atoms with E-state index >= 15 is 0 Å². The Kier molecular flexibility index (Phi) is 5.34. The van der Waals surface area contributed by atoms with E-state index in [9.17, 15) is 4.79 Å². The van der Waals surface area contributed by atoms with Crippen LogP contribution in [0.2, 0.25) is 10.0 Å². The van der Waals surface area contributed by atoms with E-state index in [1.54, 1.807) is 28.9 Å². The van der Waals surface area contributed by atoms with Crippen molar-refractivity contribution < 1.29 is 4.79 Å². The normalized spacial score (nSPS) is 10.7. The number of hydrogen-bond donors (Lipinski definition) is 1. The van der Waals surface area contributed by atoms with Crippen molar-refractivity contribution in [3.05, 3.63) is 94.2 Å². The van der Waals surface area contributed by atoms with Gasteiger partial charge < -0.3 is 5.32 Å². The summed E-state index contributed by atoms with van der Waals surface area (Å²) in [6.45, 7) is 1.90. The molecule has 29 heavy (non-hydrogen) atoms. The highest BCUT2D eigenvalue weighted by atomic mass is 35.5. The first-order chi connectivity index (χ1) is 14.0. The molecule has 1 aromatic heterocycles. The number of rotatable bonds is 4. The second-order valence-electron chi connectivity index (χ2n) is 6.38. The maximum Gasteiger partial charge on any atom is 0.295 e. The molecule has 5 nitrogen and oxygen atoms in total. The van der Waals surface area contributed by atoms with Crippen LogP contribution in [0.5, 0.6) is 0 Å². The van der Waals surface area contributed by atoms with Crippen LogP contribution >= 0.6 is 23.2 Å². The van der Waals surface area contributed by atoms with Gasteiger partial charge in [-0.1, -0.05) is 59.6 Å². The van der Waals surface area contributed by atoms with E-state index in [1.165, 1.54) is 0 Å². The first kappa shape index (κ1) is 19.2. The van der Waals surface area contributed by atoms with Gasteiger partial charge in [0.25, 0.3) is 5.91 Å². The SMILES string of the molecule is Cc1c(Cl)cccc1-n1nc(C(=O)Nc2ccc(Cl)cc2)nc1-c1ccccc1. The van der Waals surface area contributed by atoms with Gasteiger partial charge in [-0.3, -0.25) is 4.79 Å². The molecule has 0 spiro atoms. The molecule has 0 aliphatic carbocycles. The van der Waals surface area contributed by atoms with Gasteiger partial charge in [0.1, 0.15) is 0 Å². The predicted molar refractivity (Wildman–Crippen MR) is 116 cm³/mol. The van der Waals surface area contributed by atoms with Crippen molar-refractivity contribution in [1.29, 1.82) is 0 Å². The van der Waals surface area contributed by atoms with Crippen LogP contribution in [0.4, 0.5) is 5.69 Å². The summed E-state index contributed by atoms with van der Waals surface area (Å²) in [4.78, 5) is 17.3. The second kappa shape index (κ2) is 8.07. The number of hydrogen-bond acceptors (Lipinski definition) is 3. The highest BCUT2D eigenvalue weighted by molar-refractivity contribution is 6.31. The fourth-order valence-corrected chi connectivity index (χ4v) is 3.19. The number of nitrogens with one attached hydrogen (secondary N) is 1. The van der Waals surface area contributed by atoms with Gasteiger partial charge in [-0.25, -0.2) is 9.67 Å². The van der Waals surface area contributed by atoms with Crippen molar-refractivity contribution in [3.63, 3.8) is 0 Å². The largest absolute Gasteiger partial charge is 0.319 e. The van der Waals surface area contributed by atoms with Crippen molar-refractivity contribution in [2.45, 2.75) is 6.92 Å². The number of aromatic nitrogens is 3. The lowest BCUT2D eigenvalue weighted by Crippen LogP contribution is -2.14. The first-order valence-corrected chi connectivity index (χ1v) is 9.63. The quantitative estimate of drug-likeness (QED) is 0.451. The monoisotopic (exact) mass is 422 g/mol. The van der Waals surface area contributed by atoms with Crippen LogP contribution in [0.15, 0.2) is 72.8 Å². The number of carbonyl (C=O) groups excluding carboxylic acids is 1. The molecule has 4 rings (SSSR count). The summed E-state index contributed by atoms with van der Waals surface area (Å²) in [7, 11) is 0. The molecule has 7 heteroatoms. The molecule has 4 aromatic rings. The van der Waals surface area contributed by atoms with E-state index in [0.717, 1.165) is 16.8 Å². The molecule has 0 aliphatic heterocycles.